The maximum Gasteiger partial charge on any atom is 0.306 e. The Labute approximate surface area is 468 Å². The first-order valence-electron chi connectivity index (χ1n) is 33.8. The van der Waals surface area contributed by atoms with Gasteiger partial charge in [0.2, 0.25) is 0 Å². The van der Waals surface area contributed by atoms with Crippen molar-refractivity contribution in [3.05, 3.63) is 24.3 Å². The Morgan fingerprint density at radius 3 is 0.747 bits per heavy atom. The zero-order valence-corrected chi connectivity index (χ0v) is 50.8. The zero-order chi connectivity index (χ0) is 54.3. The molecule has 0 rings (SSSR count). The Balaban J connectivity index is 4.06. The average molecular weight is 1060 g/mol. The van der Waals surface area contributed by atoms with E-state index in [0.717, 1.165) is 77.0 Å². The van der Waals surface area contributed by atoms with Crippen molar-refractivity contribution in [2.75, 3.05) is 13.2 Å². The number of rotatable bonds is 63. The summed E-state index contributed by atoms with van der Waals surface area (Å²) in [5.74, 6) is -0.862. The van der Waals surface area contributed by atoms with E-state index in [0.29, 0.717) is 19.3 Å². The normalized spacial score (nSPS) is 12.1. The molecule has 1 unspecified atom stereocenters. The van der Waals surface area contributed by atoms with Crippen LogP contribution in [0.15, 0.2) is 24.3 Å². The van der Waals surface area contributed by atoms with Crippen molar-refractivity contribution in [3.63, 3.8) is 0 Å². The fourth-order valence-corrected chi connectivity index (χ4v) is 10.4. The van der Waals surface area contributed by atoms with Crippen LogP contribution < -0.4 is 0 Å². The molecule has 0 aromatic carbocycles. The average Bonchev–Trinajstić information content (AvgIpc) is 3.41. The second-order valence-electron chi connectivity index (χ2n) is 23.1. The van der Waals surface area contributed by atoms with Gasteiger partial charge in [-0.1, -0.05) is 334 Å². The molecule has 442 valence electrons. The predicted octanol–water partition coefficient (Wildman–Crippen LogP) is 23.0. The Morgan fingerprint density at radius 1 is 0.267 bits per heavy atom. The number of carbonyl (C=O) groups is 3. The van der Waals surface area contributed by atoms with Crippen LogP contribution >= 0.6 is 0 Å². The molecule has 0 aliphatic rings. The lowest BCUT2D eigenvalue weighted by molar-refractivity contribution is -0.167. The van der Waals surface area contributed by atoms with E-state index in [2.05, 4.69) is 45.1 Å². The molecule has 0 N–H and O–H groups in total. The molecule has 75 heavy (non-hydrogen) atoms. The summed E-state index contributed by atoms with van der Waals surface area (Å²) in [5.41, 5.74) is 0. The third-order valence-electron chi connectivity index (χ3n) is 15.5. The second kappa shape index (κ2) is 64.4. The summed E-state index contributed by atoms with van der Waals surface area (Å²) in [6.07, 6.45) is 78.0. The van der Waals surface area contributed by atoms with Crippen molar-refractivity contribution in [2.45, 2.75) is 386 Å². The van der Waals surface area contributed by atoms with E-state index >= 15 is 0 Å². The van der Waals surface area contributed by atoms with Gasteiger partial charge in [0.15, 0.2) is 6.10 Å². The van der Waals surface area contributed by atoms with E-state index in [1.54, 1.807) is 0 Å². The highest BCUT2D eigenvalue weighted by molar-refractivity contribution is 5.71. The highest BCUT2D eigenvalue weighted by Crippen LogP contribution is 2.18. The monoisotopic (exact) mass is 1050 g/mol. The van der Waals surface area contributed by atoms with E-state index in [4.69, 9.17) is 14.2 Å². The maximum atomic E-state index is 12.9. The maximum absolute atomic E-state index is 12.9. The van der Waals surface area contributed by atoms with Gasteiger partial charge in [-0.3, -0.25) is 14.4 Å². The number of carbonyl (C=O) groups excluding carboxylic acids is 3. The number of unbranched alkanes of at least 4 members (excludes halogenated alkanes) is 48. The summed E-state index contributed by atoms with van der Waals surface area (Å²) in [7, 11) is 0. The molecule has 0 fully saturated rings. The molecule has 0 aliphatic carbocycles. The number of hydrogen-bond acceptors (Lipinski definition) is 6. The van der Waals surface area contributed by atoms with Crippen molar-refractivity contribution < 1.29 is 28.6 Å². The molecule has 0 aliphatic heterocycles. The molecule has 1 atom stereocenters. The smallest absolute Gasteiger partial charge is 0.306 e. The van der Waals surface area contributed by atoms with Crippen LogP contribution in [-0.2, 0) is 28.6 Å². The molecule has 0 heterocycles. The van der Waals surface area contributed by atoms with E-state index in [1.165, 1.54) is 263 Å². The molecule has 6 nitrogen and oxygen atoms in total. The van der Waals surface area contributed by atoms with Crippen LogP contribution in [0.1, 0.15) is 380 Å². The van der Waals surface area contributed by atoms with Gasteiger partial charge in [0.1, 0.15) is 13.2 Å². The number of ether oxygens (including phenoxy) is 3. The van der Waals surface area contributed by atoms with Gasteiger partial charge < -0.3 is 14.2 Å². The first-order valence-corrected chi connectivity index (χ1v) is 33.8. The standard InChI is InChI=1S/C69H130O6/c1-4-7-10-13-16-19-22-24-26-28-29-30-31-32-33-34-35-36-37-38-39-40-41-42-44-45-47-50-53-56-59-62-68(71)74-65-66(64-73-67(70)61-58-55-52-49-21-18-15-12-9-6-3)75-69(72)63-60-57-54-51-48-46-43-27-25-23-20-17-14-11-8-5-2/h20,23,27,43,66H,4-19,21-22,24-26,28-42,44-65H2,1-3H3/b23-20-,43-27-. The fourth-order valence-electron chi connectivity index (χ4n) is 10.4. The van der Waals surface area contributed by atoms with Crippen LogP contribution in [0.3, 0.4) is 0 Å². The van der Waals surface area contributed by atoms with Crippen LogP contribution in [-0.4, -0.2) is 37.2 Å². The lowest BCUT2D eigenvalue weighted by Crippen LogP contribution is -2.30. The van der Waals surface area contributed by atoms with Crippen LogP contribution in [0.2, 0.25) is 0 Å². The third-order valence-corrected chi connectivity index (χ3v) is 15.5. The van der Waals surface area contributed by atoms with Crippen molar-refractivity contribution in [1.82, 2.24) is 0 Å². The van der Waals surface area contributed by atoms with E-state index < -0.39 is 6.10 Å². The van der Waals surface area contributed by atoms with Gasteiger partial charge in [0.05, 0.1) is 0 Å². The number of allylic oxidation sites excluding steroid dienone is 4. The molecule has 0 saturated heterocycles. The van der Waals surface area contributed by atoms with Gasteiger partial charge >= 0.3 is 17.9 Å². The number of hydrogen-bond donors (Lipinski definition) is 0. The molecular weight excluding hydrogens is 925 g/mol. The van der Waals surface area contributed by atoms with Gasteiger partial charge in [-0.05, 0) is 51.4 Å². The predicted molar refractivity (Wildman–Crippen MR) is 326 cm³/mol. The third kappa shape index (κ3) is 62.6. The Bertz CT molecular complexity index is 1210. The molecule has 0 amide bonds. The van der Waals surface area contributed by atoms with Crippen LogP contribution in [0.5, 0.6) is 0 Å². The Morgan fingerprint density at radius 2 is 0.480 bits per heavy atom. The van der Waals surface area contributed by atoms with Crippen molar-refractivity contribution in [1.29, 1.82) is 0 Å². The van der Waals surface area contributed by atoms with Gasteiger partial charge in [0.25, 0.3) is 0 Å². The zero-order valence-electron chi connectivity index (χ0n) is 50.8. The van der Waals surface area contributed by atoms with Crippen molar-refractivity contribution in [3.8, 4) is 0 Å². The van der Waals surface area contributed by atoms with Crippen LogP contribution in [0, 0.1) is 0 Å². The second-order valence-corrected chi connectivity index (χ2v) is 23.1. The Kier molecular flexibility index (Phi) is 62.6. The minimum absolute atomic E-state index is 0.0714. The molecular formula is C69H130O6. The molecule has 0 aromatic rings. The van der Waals surface area contributed by atoms with Gasteiger partial charge in [-0.15, -0.1) is 0 Å². The number of esters is 3. The van der Waals surface area contributed by atoms with Crippen molar-refractivity contribution in [2.24, 2.45) is 0 Å². The van der Waals surface area contributed by atoms with Crippen molar-refractivity contribution >= 4 is 17.9 Å². The van der Waals surface area contributed by atoms with Crippen LogP contribution in [0.25, 0.3) is 0 Å². The molecule has 0 spiro atoms. The van der Waals surface area contributed by atoms with E-state index in [9.17, 15) is 14.4 Å². The first-order chi connectivity index (χ1) is 37.0. The van der Waals surface area contributed by atoms with E-state index in [1.807, 2.05) is 0 Å². The van der Waals surface area contributed by atoms with Crippen LogP contribution in [0.4, 0.5) is 0 Å². The Hall–Kier alpha value is -2.11. The molecule has 0 aromatic heterocycles. The summed E-state index contributed by atoms with van der Waals surface area (Å²) in [6, 6.07) is 0. The first kappa shape index (κ1) is 72.9. The fraction of sp³-hybridized carbons (Fsp3) is 0.899. The molecule has 0 bridgehead atoms. The highest BCUT2D eigenvalue weighted by atomic mass is 16.6. The highest BCUT2D eigenvalue weighted by Gasteiger charge is 2.19. The molecule has 0 saturated carbocycles. The minimum atomic E-state index is -0.774. The van der Waals surface area contributed by atoms with Gasteiger partial charge in [-0.2, -0.15) is 0 Å². The summed E-state index contributed by atoms with van der Waals surface area (Å²) < 4.78 is 16.9. The topological polar surface area (TPSA) is 78.9 Å². The molecule has 6 heteroatoms. The lowest BCUT2D eigenvalue weighted by Gasteiger charge is -2.18. The SMILES string of the molecule is CCCCCC/C=C\C/C=C\CCCCCCCC(=O)OC(COC(=O)CCCCCCCCCCCC)COC(=O)CCCCCCCCCCCCCCCCCCCCCCCCCCCCCCCCC. The van der Waals surface area contributed by atoms with Gasteiger partial charge in [-0.25, -0.2) is 0 Å². The summed E-state index contributed by atoms with van der Waals surface area (Å²) in [6.45, 7) is 6.66. The summed E-state index contributed by atoms with van der Waals surface area (Å²) >= 11 is 0. The largest absolute Gasteiger partial charge is 0.462 e. The molecule has 0 radical (unpaired) electrons. The summed E-state index contributed by atoms with van der Waals surface area (Å²) in [4.78, 5) is 38.2. The lowest BCUT2D eigenvalue weighted by atomic mass is 10.0. The minimum Gasteiger partial charge on any atom is -0.462 e. The van der Waals surface area contributed by atoms with Gasteiger partial charge in [0, 0.05) is 19.3 Å². The quantitative estimate of drug-likeness (QED) is 0.0261. The summed E-state index contributed by atoms with van der Waals surface area (Å²) in [5, 5.41) is 0. The van der Waals surface area contributed by atoms with E-state index in [-0.39, 0.29) is 31.1 Å².